The van der Waals surface area contributed by atoms with E-state index in [-0.39, 0.29) is 16.4 Å². The van der Waals surface area contributed by atoms with Crippen molar-refractivity contribution in [3.05, 3.63) is 74.8 Å². The Hall–Kier alpha value is -4.29. The lowest BCUT2D eigenvalue weighted by Gasteiger charge is -2.28. The number of amides is 1. The zero-order valence-corrected chi connectivity index (χ0v) is 23.4. The van der Waals surface area contributed by atoms with Crippen molar-refractivity contribution in [2.75, 3.05) is 30.4 Å². The summed E-state index contributed by atoms with van der Waals surface area (Å²) in [5.41, 5.74) is 3.94. The van der Waals surface area contributed by atoms with Crippen LogP contribution in [0.1, 0.15) is 35.2 Å². The van der Waals surface area contributed by atoms with Crippen molar-refractivity contribution in [3.8, 4) is 11.4 Å². The predicted octanol–water partition coefficient (Wildman–Crippen LogP) is 5.42. The number of thiocarbonyl (C=S) groups is 1. The number of ether oxygens (including phenoxy) is 1. The summed E-state index contributed by atoms with van der Waals surface area (Å²) in [6.45, 7) is 3.38. The molecule has 206 valence electrons. The number of piperidine rings is 1. The van der Waals surface area contributed by atoms with Gasteiger partial charge in [-0.15, -0.1) is 10.2 Å². The van der Waals surface area contributed by atoms with Crippen molar-refractivity contribution in [1.82, 2.24) is 20.3 Å². The lowest BCUT2D eigenvalue weighted by atomic mass is 10.1. The van der Waals surface area contributed by atoms with Gasteiger partial charge in [0.05, 0.1) is 22.7 Å². The molecule has 5 rings (SSSR count). The lowest BCUT2D eigenvalue weighted by Crippen LogP contribution is -2.34. The number of hydrogen-bond acceptors (Lipinski definition) is 8. The first-order valence-electron chi connectivity index (χ1n) is 12.6. The highest BCUT2D eigenvalue weighted by molar-refractivity contribution is 7.80. The van der Waals surface area contributed by atoms with Gasteiger partial charge in [0.1, 0.15) is 22.5 Å². The van der Waals surface area contributed by atoms with Crippen LogP contribution in [0.4, 0.5) is 17.1 Å². The zero-order chi connectivity index (χ0) is 28.4. The third-order valence-corrected chi connectivity index (χ3v) is 7.20. The third-order valence-electron chi connectivity index (χ3n) is 6.70. The Balaban J connectivity index is 1.31. The Morgan fingerprint density at radius 2 is 1.80 bits per heavy atom. The van der Waals surface area contributed by atoms with Crippen molar-refractivity contribution >= 4 is 62.9 Å². The second-order valence-corrected chi connectivity index (χ2v) is 10.2. The van der Waals surface area contributed by atoms with E-state index < -0.39 is 10.8 Å². The zero-order valence-electron chi connectivity index (χ0n) is 21.8. The highest BCUT2D eigenvalue weighted by Gasteiger charge is 2.23. The number of fused-ring (bicyclic) bond motifs is 1. The molecule has 4 aromatic rings. The molecule has 3 aromatic carbocycles. The second kappa shape index (κ2) is 11.4. The number of nitro groups is 1. The number of halogens is 1. The molecule has 2 heterocycles. The number of rotatable bonds is 6. The molecule has 1 aromatic heterocycles. The van der Waals surface area contributed by atoms with Gasteiger partial charge < -0.3 is 15.0 Å². The smallest absolute Gasteiger partial charge is 0.293 e. The first kappa shape index (κ1) is 27.3. The molecule has 40 heavy (non-hydrogen) atoms. The van der Waals surface area contributed by atoms with Gasteiger partial charge in [-0.25, -0.2) is 0 Å². The summed E-state index contributed by atoms with van der Waals surface area (Å²) < 4.78 is 5.20. The molecular formula is C27H26ClN7O4S. The molecular weight excluding hydrogens is 554 g/mol. The Bertz CT molecular complexity index is 1630. The van der Waals surface area contributed by atoms with E-state index in [4.69, 9.17) is 28.6 Å². The van der Waals surface area contributed by atoms with E-state index >= 15 is 0 Å². The molecule has 1 aliphatic heterocycles. The highest BCUT2D eigenvalue weighted by Crippen LogP contribution is 2.31. The van der Waals surface area contributed by atoms with Gasteiger partial charge in [0.2, 0.25) is 0 Å². The minimum Gasteiger partial charge on any atom is -0.495 e. The van der Waals surface area contributed by atoms with Crippen LogP contribution in [0.25, 0.3) is 16.7 Å². The molecule has 1 aliphatic rings. The van der Waals surface area contributed by atoms with Crippen LogP contribution >= 0.6 is 23.8 Å². The number of benzene rings is 3. The quantitative estimate of drug-likeness (QED) is 0.175. The number of anilines is 2. The monoisotopic (exact) mass is 579 g/mol. The molecule has 1 saturated heterocycles. The molecule has 2 N–H and O–H groups in total. The Morgan fingerprint density at radius 1 is 1.07 bits per heavy atom. The highest BCUT2D eigenvalue weighted by atomic mass is 35.5. The first-order valence-corrected chi connectivity index (χ1v) is 13.4. The largest absolute Gasteiger partial charge is 0.495 e. The number of aromatic nitrogens is 3. The number of aryl methyl sites for hydroxylation is 1. The maximum atomic E-state index is 12.9. The van der Waals surface area contributed by atoms with Crippen molar-refractivity contribution in [2.45, 2.75) is 26.2 Å². The van der Waals surface area contributed by atoms with Gasteiger partial charge in [-0.2, -0.15) is 4.80 Å². The molecule has 1 fully saturated rings. The van der Waals surface area contributed by atoms with Crippen LogP contribution in [-0.4, -0.2) is 51.1 Å². The average molecular weight is 580 g/mol. The number of carbonyl (C=O) groups is 1. The molecule has 0 saturated carbocycles. The van der Waals surface area contributed by atoms with E-state index in [1.807, 2.05) is 17.9 Å². The molecule has 0 unspecified atom stereocenters. The van der Waals surface area contributed by atoms with Gasteiger partial charge in [-0.1, -0.05) is 11.6 Å². The molecule has 0 spiro atoms. The standard InChI is InChI=1S/C27H26ClN7O4S/c1-16-12-21-22(32-34(31-21)18-7-9-25(39-2)19(28)14-18)15-20(16)29-27(40)30-26(36)17-6-8-23(24(13-17)35(37)38)33-10-4-3-5-11-33/h6-9,12-15H,3-5,10-11H2,1-2H3,(H2,29,30,36,40). The van der Waals surface area contributed by atoms with E-state index in [0.717, 1.165) is 37.9 Å². The van der Waals surface area contributed by atoms with Gasteiger partial charge in [-0.05, 0) is 86.4 Å². The SMILES string of the molecule is COc1ccc(-n2nc3cc(C)c(NC(=S)NC(=O)c4ccc(N5CCCCC5)c([N+](=O)[O-])c4)cc3n2)cc1Cl. The summed E-state index contributed by atoms with van der Waals surface area (Å²) >= 11 is 11.6. The van der Waals surface area contributed by atoms with Crippen LogP contribution in [0.3, 0.4) is 0 Å². The average Bonchev–Trinajstić information content (AvgIpc) is 3.35. The van der Waals surface area contributed by atoms with Crippen LogP contribution in [-0.2, 0) is 0 Å². The minimum absolute atomic E-state index is 0.0459. The van der Waals surface area contributed by atoms with Gasteiger partial charge in [0.25, 0.3) is 11.6 Å². The second-order valence-electron chi connectivity index (χ2n) is 9.38. The maximum Gasteiger partial charge on any atom is 0.293 e. The third kappa shape index (κ3) is 5.68. The van der Waals surface area contributed by atoms with E-state index in [2.05, 4.69) is 20.8 Å². The van der Waals surface area contributed by atoms with Gasteiger partial charge in [-0.3, -0.25) is 20.2 Å². The summed E-state index contributed by atoms with van der Waals surface area (Å²) in [7, 11) is 1.54. The Morgan fingerprint density at radius 3 is 2.48 bits per heavy atom. The Labute approximate surface area is 240 Å². The lowest BCUT2D eigenvalue weighted by molar-refractivity contribution is -0.384. The first-order chi connectivity index (χ1) is 19.2. The van der Waals surface area contributed by atoms with Gasteiger partial charge >= 0.3 is 0 Å². The summed E-state index contributed by atoms with van der Waals surface area (Å²) in [5.74, 6) is -0.000537. The fourth-order valence-electron chi connectivity index (χ4n) is 4.64. The van der Waals surface area contributed by atoms with Crippen molar-refractivity contribution in [2.24, 2.45) is 0 Å². The normalized spacial score (nSPS) is 13.2. The number of carbonyl (C=O) groups excluding carboxylic acids is 1. The van der Waals surface area contributed by atoms with Crippen LogP contribution in [0.2, 0.25) is 5.02 Å². The Kier molecular flexibility index (Phi) is 7.81. The summed E-state index contributed by atoms with van der Waals surface area (Å²) in [4.78, 5) is 27.7. The molecule has 11 nitrogen and oxygen atoms in total. The van der Waals surface area contributed by atoms with E-state index in [0.29, 0.717) is 38.9 Å². The number of nitro benzene ring substituents is 1. The van der Waals surface area contributed by atoms with Crippen molar-refractivity contribution in [1.29, 1.82) is 0 Å². The molecule has 0 aliphatic carbocycles. The minimum atomic E-state index is -0.549. The van der Waals surface area contributed by atoms with Gasteiger partial charge in [0, 0.05) is 30.4 Å². The maximum absolute atomic E-state index is 12.9. The van der Waals surface area contributed by atoms with Crippen LogP contribution in [0.5, 0.6) is 5.75 Å². The van der Waals surface area contributed by atoms with Crippen LogP contribution < -0.4 is 20.3 Å². The number of nitrogens with one attached hydrogen (secondary N) is 2. The van der Waals surface area contributed by atoms with E-state index in [1.165, 1.54) is 10.9 Å². The number of methoxy groups -OCH3 is 1. The van der Waals surface area contributed by atoms with E-state index in [9.17, 15) is 14.9 Å². The number of hydrogen-bond donors (Lipinski definition) is 2. The van der Waals surface area contributed by atoms with E-state index in [1.54, 1.807) is 43.5 Å². The number of nitrogens with zero attached hydrogens (tertiary/aromatic N) is 5. The summed E-state index contributed by atoms with van der Waals surface area (Å²) in [6, 6.07) is 13.4. The van der Waals surface area contributed by atoms with Crippen LogP contribution in [0, 0.1) is 17.0 Å². The fraction of sp³-hybridized carbons (Fsp3) is 0.259. The molecule has 1 amide bonds. The summed E-state index contributed by atoms with van der Waals surface area (Å²) in [5, 5.41) is 26.9. The predicted molar refractivity (Wildman–Crippen MR) is 158 cm³/mol. The van der Waals surface area contributed by atoms with Crippen molar-refractivity contribution in [3.63, 3.8) is 0 Å². The topological polar surface area (TPSA) is 127 Å². The summed E-state index contributed by atoms with van der Waals surface area (Å²) in [6.07, 6.45) is 3.07. The van der Waals surface area contributed by atoms with Crippen LogP contribution in [0.15, 0.2) is 48.5 Å². The molecule has 0 atom stereocenters. The molecule has 0 radical (unpaired) electrons. The van der Waals surface area contributed by atoms with Gasteiger partial charge in [0.15, 0.2) is 5.11 Å². The molecule has 13 heteroatoms. The van der Waals surface area contributed by atoms with Crippen molar-refractivity contribution < 1.29 is 14.5 Å². The fourth-order valence-corrected chi connectivity index (χ4v) is 5.09. The molecule has 0 bridgehead atoms.